The standard InChI is InChI=1S/C31H37NO6/c1-34-23-10-9-21-15-24-29-11-12-31(36-3,22(16-29)19-37-18-20-7-5-4-6-8-20)28-30(29,26(21)27(23)38-28)13-14-32(24)17-25(33)35-2/h4-10,22,24,28H,11-19H2,1-3H3/t22-,24-,28-,29-,30+,31-/m1/s1. The van der Waals surface area contributed by atoms with E-state index >= 15 is 0 Å². The Morgan fingerprint density at radius 1 is 1.08 bits per heavy atom. The SMILES string of the molecule is COC(=O)CN1CC[C@]23c4c5ccc(OC)c4O[C@H]2[C@@]2(OC)CC[C@@]3(C[C@@H]2COCc2ccccc2)[C@H]1C5. The third kappa shape index (κ3) is 2.98. The maximum Gasteiger partial charge on any atom is 0.319 e. The first-order chi connectivity index (χ1) is 18.5. The quantitative estimate of drug-likeness (QED) is 0.490. The molecule has 2 aliphatic heterocycles. The van der Waals surface area contributed by atoms with Crippen molar-refractivity contribution in [2.75, 3.05) is 41.0 Å². The van der Waals surface area contributed by atoms with E-state index in [4.69, 9.17) is 23.7 Å². The summed E-state index contributed by atoms with van der Waals surface area (Å²) in [5.74, 6) is 1.73. The molecule has 0 aromatic heterocycles. The Hall–Kier alpha value is -2.61. The number of methoxy groups -OCH3 is 3. The number of carbonyl (C=O) groups excluding carboxylic acids is 1. The van der Waals surface area contributed by atoms with E-state index < -0.39 is 5.60 Å². The third-order valence-electron chi connectivity index (χ3n) is 10.8. The monoisotopic (exact) mass is 519 g/mol. The van der Waals surface area contributed by atoms with Crippen molar-refractivity contribution >= 4 is 5.97 Å². The zero-order chi connectivity index (χ0) is 26.1. The third-order valence-corrected chi connectivity index (χ3v) is 10.8. The van der Waals surface area contributed by atoms with Crippen LogP contribution >= 0.6 is 0 Å². The predicted octanol–water partition coefficient (Wildman–Crippen LogP) is 3.90. The molecule has 2 spiro atoms. The Bertz CT molecular complexity index is 1250. The van der Waals surface area contributed by atoms with Gasteiger partial charge in [-0.15, -0.1) is 0 Å². The number of nitrogens with zero attached hydrogens (tertiary/aromatic N) is 1. The van der Waals surface area contributed by atoms with Gasteiger partial charge in [0.15, 0.2) is 11.5 Å². The van der Waals surface area contributed by atoms with Gasteiger partial charge in [0.25, 0.3) is 0 Å². The molecule has 1 saturated heterocycles. The lowest BCUT2D eigenvalue weighted by atomic mass is 9.35. The first kappa shape index (κ1) is 24.4. The molecule has 202 valence electrons. The van der Waals surface area contributed by atoms with E-state index in [1.54, 1.807) is 7.11 Å². The summed E-state index contributed by atoms with van der Waals surface area (Å²) in [6.45, 7) is 2.36. The van der Waals surface area contributed by atoms with Crippen molar-refractivity contribution in [3.05, 3.63) is 59.2 Å². The van der Waals surface area contributed by atoms with Crippen molar-refractivity contribution in [3.8, 4) is 11.5 Å². The van der Waals surface area contributed by atoms with Crippen LogP contribution in [-0.2, 0) is 37.4 Å². The number of rotatable bonds is 8. The van der Waals surface area contributed by atoms with Gasteiger partial charge in [-0.3, -0.25) is 9.69 Å². The average Bonchev–Trinajstić information content (AvgIpc) is 3.32. The molecule has 3 saturated carbocycles. The van der Waals surface area contributed by atoms with E-state index in [9.17, 15) is 4.79 Å². The molecule has 38 heavy (non-hydrogen) atoms. The van der Waals surface area contributed by atoms with Crippen molar-refractivity contribution < 1.29 is 28.5 Å². The second-order valence-corrected chi connectivity index (χ2v) is 11.8. The van der Waals surface area contributed by atoms with E-state index in [0.717, 1.165) is 50.1 Å². The van der Waals surface area contributed by atoms with Crippen LogP contribution < -0.4 is 9.47 Å². The Kier molecular flexibility index (Phi) is 5.59. The summed E-state index contributed by atoms with van der Waals surface area (Å²) in [4.78, 5) is 14.9. The fraction of sp³-hybridized carbons (Fsp3) is 0.581. The first-order valence-electron chi connectivity index (χ1n) is 13.9. The molecule has 7 heteroatoms. The van der Waals surface area contributed by atoms with Gasteiger partial charge in [-0.05, 0) is 49.3 Å². The molecular weight excluding hydrogens is 482 g/mol. The van der Waals surface area contributed by atoms with Gasteiger partial charge >= 0.3 is 5.97 Å². The lowest BCUT2D eigenvalue weighted by Crippen LogP contribution is -2.81. The molecule has 2 aromatic rings. The highest BCUT2D eigenvalue weighted by Crippen LogP contribution is 2.76. The lowest BCUT2D eigenvalue weighted by molar-refractivity contribution is -0.283. The fourth-order valence-corrected chi connectivity index (χ4v) is 9.36. The van der Waals surface area contributed by atoms with E-state index in [0.29, 0.717) is 19.8 Å². The van der Waals surface area contributed by atoms with Gasteiger partial charge in [0.2, 0.25) is 0 Å². The maximum absolute atomic E-state index is 12.5. The molecule has 0 amide bonds. The molecular formula is C31H37NO6. The largest absolute Gasteiger partial charge is 0.493 e. The van der Waals surface area contributed by atoms with E-state index in [1.807, 2.05) is 31.4 Å². The number of hydrogen-bond donors (Lipinski definition) is 0. The lowest BCUT2D eigenvalue weighted by Gasteiger charge is -2.73. The zero-order valence-electron chi connectivity index (χ0n) is 22.5. The average molecular weight is 520 g/mol. The van der Waals surface area contributed by atoms with Gasteiger partial charge in [0.05, 0.1) is 34.0 Å². The van der Waals surface area contributed by atoms with Gasteiger partial charge in [0, 0.05) is 42.0 Å². The number of piperidine rings is 1. The van der Waals surface area contributed by atoms with Crippen molar-refractivity contribution in [1.82, 2.24) is 4.90 Å². The van der Waals surface area contributed by atoms with E-state index in [1.165, 1.54) is 23.8 Å². The molecule has 0 N–H and O–H groups in total. The van der Waals surface area contributed by atoms with Crippen molar-refractivity contribution in [2.24, 2.45) is 11.3 Å². The molecule has 4 bridgehead atoms. The summed E-state index contributed by atoms with van der Waals surface area (Å²) in [6.07, 6.45) is 4.69. The molecule has 0 radical (unpaired) electrons. The van der Waals surface area contributed by atoms with Crippen LogP contribution in [0.25, 0.3) is 0 Å². The van der Waals surface area contributed by atoms with Gasteiger partial charge in [-0.2, -0.15) is 0 Å². The first-order valence-corrected chi connectivity index (χ1v) is 13.9. The summed E-state index contributed by atoms with van der Waals surface area (Å²) in [5.41, 5.74) is 3.21. The van der Waals surface area contributed by atoms with Crippen LogP contribution in [-0.4, -0.2) is 69.6 Å². The maximum atomic E-state index is 12.5. The summed E-state index contributed by atoms with van der Waals surface area (Å²) < 4.78 is 31.0. The van der Waals surface area contributed by atoms with Crippen LogP contribution in [0.5, 0.6) is 11.5 Å². The van der Waals surface area contributed by atoms with Gasteiger partial charge < -0.3 is 23.7 Å². The van der Waals surface area contributed by atoms with Crippen LogP contribution in [0, 0.1) is 11.3 Å². The summed E-state index contributed by atoms with van der Waals surface area (Å²) >= 11 is 0. The number of esters is 1. The Morgan fingerprint density at radius 3 is 2.68 bits per heavy atom. The van der Waals surface area contributed by atoms with E-state index in [2.05, 4.69) is 23.1 Å². The van der Waals surface area contributed by atoms with Crippen LogP contribution in [0.1, 0.15) is 42.4 Å². The number of fused-ring (bicyclic) bond motifs is 2. The second kappa shape index (κ2) is 8.70. The summed E-state index contributed by atoms with van der Waals surface area (Å²) in [7, 11) is 5.06. The minimum absolute atomic E-state index is 0.0321. The van der Waals surface area contributed by atoms with Crippen molar-refractivity contribution in [3.63, 3.8) is 0 Å². The van der Waals surface area contributed by atoms with Crippen molar-refractivity contribution in [1.29, 1.82) is 0 Å². The number of ether oxygens (including phenoxy) is 5. The zero-order valence-corrected chi connectivity index (χ0v) is 22.5. The Morgan fingerprint density at radius 2 is 1.92 bits per heavy atom. The number of benzene rings is 2. The highest BCUT2D eigenvalue weighted by molar-refractivity contribution is 5.72. The van der Waals surface area contributed by atoms with Crippen molar-refractivity contribution in [2.45, 2.75) is 61.9 Å². The summed E-state index contributed by atoms with van der Waals surface area (Å²) in [5, 5.41) is 0. The predicted molar refractivity (Wildman–Crippen MR) is 140 cm³/mol. The van der Waals surface area contributed by atoms with Crippen LogP contribution in [0.4, 0.5) is 0 Å². The minimum atomic E-state index is -0.438. The second-order valence-electron chi connectivity index (χ2n) is 11.8. The van der Waals surface area contributed by atoms with E-state index in [-0.39, 0.29) is 34.9 Å². The smallest absolute Gasteiger partial charge is 0.319 e. The Balaban J connectivity index is 1.32. The molecule has 2 aromatic carbocycles. The normalized spacial score (nSPS) is 35.9. The van der Waals surface area contributed by atoms with Gasteiger partial charge in [-0.25, -0.2) is 0 Å². The fourth-order valence-electron chi connectivity index (χ4n) is 9.36. The Labute approximate surface area is 224 Å². The molecule has 6 atom stereocenters. The highest BCUT2D eigenvalue weighted by Gasteiger charge is 2.80. The van der Waals surface area contributed by atoms with Crippen LogP contribution in [0.15, 0.2) is 42.5 Å². The molecule has 4 fully saturated rings. The van der Waals surface area contributed by atoms with Gasteiger partial charge in [0.1, 0.15) is 11.7 Å². The molecule has 7 nitrogen and oxygen atoms in total. The number of likely N-dealkylation sites (tertiary alicyclic amines) is 1. The number of hydrogen-bond acceptors (Lipinski definition) is 7. The minimum Gasteiger partial charge on any atom is -0.493 e. The summed E-state index contributed by atoms with van der Waals surface area (Å²) in [6, 6.07) is 14.8. The topological polar surface area (TPSA) is 66.5 Å². The van der Waals surface area contributed by atoms with Crippen LogP contribution in [0.3, 0.4) is 0 Å². The highest BCUT2D eigenvalue weighted by atomic mass is 16.6. The molecule has 4 aliphatic carbocycles. The van der Waals surface area contributed by atoms with Crippen LogP contribution in [0.2, 0.25) is 0 Å². The number of carbonyl (C=O) groups is 1. The molecule has 6 aliphatic rings. The molecule has 8 rings (SSSR count). The molecule has 2 heterocycles. The molecule has 0 unspecified atom stereocenters. The van der Waals surface area contributed by atoms with Gasteiger partial charge in [-0.1, -0.05) is 36.4 Å².